The second-order valence-electron chi connectivity index (χ2n) is 9.84. The Hall–Kier alpha value is -3.37. The maximum atomic E-state index is 15.1. The molecule has 4 N–H and O–H groups in total. The summed E-state index contributed by atoms with van der Waals surface area (Å²) in [4.78, 5) is 19.9. The number of nitrogens with zero attached hydrogens (tertiary/aromatic N) is 4. The Morgan fingerprint density at radius 3 is 2.59 bits per heavy atom. The van der Waals surface area contributed by atoms with Crippen molar-refractivity contribution < 1.29 is 13.9 Å². The summed E-state index contributed by atoms with van der Waals surface area (Å²) < 4.78 is 29.5. The average molecular weight is 511 g/mol. The number of hydrogen-bond donors (Lipinski definition) is 2. The molecule has 2 aromatic heterocycles. The van der Waals surface area contributed by atoms with Gasteiger partial charge in [0.25, 0.3) is 0 Å². The lowest BCUT2D eigenvalue weighted by Gasteiger charge is -2.25. The molecule has 0 spiro atoms. The van der Waals surface area contributed by atoms with Gasteiger partial charge < -0.3 is 25.8 Å². The number of aromatic nitrogens is 3. The molecular weight excluding hydrogens is 475 g/mol. The average Bonchev–Trinajstić information content (AvgIpc) is 3.50. The fourth-order valence-corrected chi connectivity index (χ4v) is 5.30. The van der Waals surface area contributed by atoms with E-state index in [0.29, 0.717) is 60.9 Å². The predicted molar refractivity (Wildman–Crippen MR) is 142 cm³/mol. The van der Waals surface area contributed by atoms with Crippen LogP contribution in [0.2, 0.25) is 0 Å². The summed E-state index contributed by atoms with van der Waals surface area (Å²) in [6.07, 6.45) is 6.46. The smallest absolute Gasteiger partial charge is 0.330 e. The van der Waals surface area contributed by atoms with E-state index in [4.69, 9.17) is 20.9 Å². The molecular formula is C27H35FN6O3. The molecule has 1 aromatic carbocycles. The summed E-state index contributed by atoms with van der Waals surface area (Å²) in [5.74, 6) is 0.315. The van der Waals surface area contributed by atoms with Gasteiger partial charge in [0.1, 0.15) is 11.6 Å². The molecule has 2 saturated heterocycles. The molecule has 10 heteroatoms. The summed E-state index contributed by atoms with van der Waals surface area (Å²) in [6, 6.07) is 6.38. The van der Waals surface area contributed by atoms with Crippen molar-refractivity contribution in [3.63, 3.8) is 0 Å². The van der Waals surface area contributed by atoms with E-state index in [0.717, 1.165) is 13.0 Å². The first-order chi connectivity index (χ1) is 17.9. The highest BCUT2D eigenvalue weighted by molar-refractivity contribution is 5.85. The van der Waals surface area contributed by atoms with E-state index in [1.54, 1.807) is 36.0 Å². The van der Waals surface area contributed by atoms with Gasteiger partial charge in [-0.2, -0.15) is 0 Å². The van der Waals surface area contributed by atoms with Gasteiger partial charge >= 0.3 is 5.69 Å². The van der Waals surface area contributed by atoms with E-state index in [2.05, 4.69) is 9.88 Å². The third-order valence-corrected chi connectivity index (χ3v) is 7.40. The summed E-state index contributed by atoms with van der Waals surface area (Å²) in [6.45, 7) is 5.07. The molecule has 0 bridgehead atoms. The van der Waals surface area contributed by atoms with Crippen molar-refractivity contribution in [2.45, 2.75) is 38.1 Å². The Morgan fingerprint density at radius 2 is 1.89 bits per heavy atom. The van der Waals surface area contributed by atoms with Gasteiger partial charge in [-0.3, -0.25) is 9.13 Å². The minimum absolute atomic E-state index is 0.0729. The molecule has 2 fully saturated rings. The Kier molecular flexibility index (Phi) is 7.48. The molecule has 0 amide bonds. The lowest BCUT2D eigenvalue weighted by Crippen LogP contribution is -2.30. The first kappa shape index (κ1) is 25.3. The Morgan fingerprint density at radius 1 is 1.14 bits per heavy atom. The number of ether oxygens (including phenoxy) is 2. The van der Waals surface area contributed by atoms with Crippen LogP contribution in [0.4, 0.5) is 15.9 Å². The Bertz CT molecular complexity index is 1290. The van der Waals surface area contributed by atoms with Gasteiger partial charge in [-0.25, -0.2) is 14.2 Å². The van der Waals surface area contributed by atoms with Crippen molar-refractivity contribution in [2.24, 2.45) is 7.05 Å². The van der Waals surface area contributed by atoms with Crippen molar-refractivity contribution in [3.05, 3.63) is 46.8 Å². The number of imidazole rings is 1. The molecule has 4 heterocycles. The number of likely N-dealkylation sites (tertiary alicyclic amines) is 1. The topological polar surface area (TPSA) is 114 Å². The molecule has 0 atom stereocenters. The highest BCUT2D eigenvalue weighted by atomic mass is 19.1. The maximum absolute atomic E-state index is 15.1. The predicted octanol–water partition coefficient (Wildman–Crippen LogP) is 3.44. The number of benzene rings is 1. The number of nitrogens with two attached hydrogens (primary N) is 2. The molecule has 0 unspecified atom stereocenters. The summed E-state index contributed by atoms with van der Waals surface area (Å²) in [5, 5.41) is 0. The van der Waals surface area contributed by atoms with Crippen LogP contribution in [0.1, 0.15) is 38.1 Å². The van der Waals surface area contributed by atoms with Crippen LogP contribution in [0.15, 0.2) is 35.3 Å². The minimum Gasteiger partial charge on any atom is -0.478 e. The molecule has 37 heavy (non-hydrogen) atoms. The largest absolute Gasteiger partial charge is 0.478 e. The monoisotopic (exact) mass is 510 g/mol. The Labute approximate surface area is 215 Å². The van der Waals surface area contributed by atoms with Crippen molar-refractivity contribution in [1.29, 1.82) is 0 Å². The van der Waals surface area contributed by atoms with E-state index in [1.807, 2.05) is 0 Å². The van der Waals surface area contributed by atoms with Crippen LogP contribution in [0, 0.1) is 5.82 Å². The normalized spacial score (nSPS) is 16.9. The van der Waals surface area contributed by atoms with E-state index >= 15 is 4.39 Å². The summed E-state index contributed by atoms with van der Waals surface area (Å²) >= 11 is 0. The standard InChI is InChI=1S/C27H35FN6O3/c1-32-26(30)25(34(27(32)35)19-7-13-36-14-8-19)21-15-20(22(28)16-23(21)29)18-5-6-24(31-17-18)37-12-4-11-33-9-2-3-10-33/h5-6,15-17,19H,2-4,7-14,29-30H2,1H3. The van der Waals surface area contributed by atoms with E-state index in [9.17, 15) is 4.79 Å². The number of hydrogen-bond acceptors (Lipinski definition) is 7. The van der Waals surface area contributed by atoms with Gasteiger partial charge in [0, 0.05) is 67.5 Å². The summed E-state index contributed by atoms with van der Waals surface area (Å²) in [7, 11) is 1.63. The van der Waals surface area contributed by atoms with Gasteiger partial charge in [-0.15, -0.1) is 0 Å². The molecule has 5 rings (SSSR count). The molecule has 2 aliphatic heterocycles. The van der Waals surface area contributed by atoms with Crippen LogP contribution in [-0.2, 0) is 11.8 Å². The fraction of sp³-hybridized carbons (Fsp3) is 0.481. The number of pyridine rings is 1. The molecule has 0 aliphatic carbocycles. The zero-order valence-electron chi connectivity index (χ0n) is 21.3. The van der Waals surface area contributed by atoms with Crippen molar-refractivity contribution >= 4 is 11.5 Å². The van der Waals surface area contributed by atoms with Gasteiger partial charge in [0.2, 0.25) is 5.88 Å². The number of anilines is 2. The lowest BCUT2D eigenvalue weighted by atomic mass is 9.99. The first-order valence-corrected chi connectivity index (χ1v) is 13.0. The first-order valence-electron chi connectivity index (χ1n) is 13.0. The summed E-state index contributed by atoms with van der Waals surface area (Å²) in [5.41, 5.74) is 14.6. The van der Waals surface area contributed by atoms with Crippen LogP contribution in [-0.4, -0.2) is 58.5 Å². The zero-order valence-corrected chi connectivity index (χ0v) is 21.3. The highest BCUT2D eigenvalue weighted by Gasteiger charge is 2.27. The second kappa shape index (κ2) is 10.9. The van der Waals surface area contributed by atoms with Crippen LogP contribution < -0.4 is 21.9 Å². The van der Waals surface area contributed by atoms with Crippen molar-refractivity contribution in [3.8, 4) is 28.3 Å². The van der Waals surface area contributed by atoms with Gasteiger partial charge in [-0.05, 0) is 63.4 Å². The van der Waals surface area contributed by atoms with Gasteiger partial charge in [-0.1, -0.05) is 0 Å². The maximum Gasteiger partial charge on any atom is 0.330 e. The zero-order chi connectivity index (χ0) is 25.9. The quantitative estimate of drug-likeness (QED) is 0.353. The number of nitrogen functional groups attached to an aromatic ring is 2. The van der Waals surface area contributed by atoms with Gasteiger partial charge in [0.15, 0.2) is 0 Å². The third-order valence-electron chi connectivity index (χ3n) is 7.40. The molecule has 0 saturated carbocycles. The third kappa shape index (κ3) is 5.21. The molecule has 198 valence electrons. The number of halogens is 1. The van der Waals surface area contributed by atoms with E-state index in [-0.39, 0.29) is 23.2 Å². The van der Waals surface area contributed by atoms with Crippen LogP contribution in [0.3, 0.4) is 0 Å². The number of rotatable bonds is 8. The van der Waals surface area contributed by atoms with Crippen LogP contribution >= 0.6 is 0 Å². The second-order valence-corrected chi connectivity index (χ2v) is 9.84. The fourth-order valence-electron chi connectivity index (χ4n) is 5.30. The van der Waals surface area contributed by atoms with E-state index < -0.39 is 5.82 Å². The molecule has 2 aliphatic rings. The van der Waals surface area contributed by atoms with Crippen LogP contribution in [0.25, 0.3) is 22.4 Å². The van der Waals surface area contributed by atoms with Crippen molar-refractivity contribution in [2.75, 3.05) is 50.9 Å². The molecule has 3 aromatic rings. The van der Waals surface area contributed by atoms with Crippen molar-refractivity contribution in [1.82, 2.24) is 19.0 Å². The lowest BCUT2D eigenvalue weighted by molar-refractivity contribution is 0.0690. The highest BCUT2D eigenvalue weighted by Crippen LogP contribution is 2.38. The molecule has 9 nitrogen and oxygen atoms in total. The molecule has 0 radical (unpaired) electrons. The minimum atomic E-state index is -0.475. The van der Waals surface area contributed by atoms with Gasteiger partial charge in [0.05, 0.1) is 12.3 Å². The SMILES string of the molecule is Cn1c(N)c(-c2cc(-c3ccc(OCCCN4CCCC4)nc3)c(F)cc2N)n(C2CCOCC2)c1=O. The Balaban J connectivity index is 1.40. The van der Waals surface area contributed by atoms with Crippen LogP contribution in [0.5, 0.6) is 5.88 Å². The van der Waals surface area contributed by atoms with E-state index in [1.165, 1.54) is 36.6 Å².